The number of carbonyl (C=O) groups excluding carboxylic acids is 1. The largest absolute Gasteiger partial charge is 0.366 e. The summed E-state index contributed by atoms with van der Waals surface area (Å²) in [6, 6.07) is 0. The van der Waals surface area contributed by atoms with Crippen molar-refractivity contribution in [1.82, 2.24) is 10.2 Å². The molecule has 56 valence electrons. The van der Waals surface area contributed by atoms with Crippen LogP contribution >= 0.6 is 0 Å². The first-order chi connectivity index (χ1) is 4.80. The first-order valence-corrected chi connectivity index (χ1v) is 2.42. The summed E-state index contributed by atoms with van der Waals surface area (Å²) in [5.74, 6) is 7.54. The zero-order valence-electron chi connectivity index (χ0n) is 5.24. The quantitative estimate of drug-likeness (QED) is 0.277. The number of carbonyl (C=O) groups is 1. The molecule has 0 spiro atoms. The number of rotatable bonds is 1. The van der Waals surface area contributed by atoms with E-state index in [1.165, 1.54) is 12.4 Å². The number of hydrogen-bond donors (Lipinski definition) is 4. The third-order valence-electron chi connectivity index (χ3n) is 0.783. The fourth-order valence-electron chi connectivity index (χ4n) is 0.386. The van der Waals surface area contributed by atoms with Gasteiger partial charge in [0.25, 0.3) is 5.91 Å². The highest BCUT2D eigenvalue weighted by Gasteiger charge is 1.96. The van der Waals surface area contributed by atoms with Crippen LogP contribution in [0.4, 0.5) is 0 Å². The van der Waals surface area contributed by atoms with Gasteiger partial charge in [-0.3, -0.25) is 21.6 Å². The molecule has 0 aliphatic rings. The Kier molecular flexibility index (Phi) is 3.85. The van der Waals surface area contributed by atoms with E-state index >= 15 is 0 Å². The molecular formula is C4H9N5O. The predicted octanol–water partition coefficient (Wildman–Crippen LogP) is -1.67. The van der Waals surface area contributed by atoms with Crippen LogP contribution in [0, 0.1) is 0 Å². The number of H-pyrrole nitrogens is 1. The monoisotopic (exact) mass is 143 g/mol. The van der Waals surface area contributed by atoms with Gasteiger partial charge < -0.3 is 5.73 Å². The first-order valence-electron chi connectivity index (χ1n) is 2.42. The number of aromatic amines is 1. The summed E-state index contributed by atoms with van der Waals surface area (Å²) in [5, 5.41) is 5.98. The van der Waals surface area contributed by atoms with Gasteiger partial charge in [0.2, 0.25) is 0 Å². The highest BCUT2D eigenvalue weighted by Crippen LogP contribution is 1.88. The van der Waals surface area contributed by atoms with Gasteiger partial charge in [0.05, 0.1) is 11.8 Å². The Morgan fingerprint density at radius 1 is 1.60 bits per heavy atom. The highest BCUT2D eigenvalue weighted by molar-refractivity contribution is 5.92. The molecule has 0 radical (unpaired) electrons. The van der Waals surface area contributed by atoms with Crippen LogP contribution in [0.15, 0.2) is 12.4 Å². The fraction of sp³-hybridized carbons (Fsp3) is 0. The van der Waals surface area contributed by atoms with Crippen molar-refractivity contribution in [3.63, 3.8) is 0 Å². The van der Waals surface area contributed by atoms with Crippen LogP contribution in [0.25, 0.3) is 0 Å². The molecule has 0 aliphatic heterocycles. The van der Waals surface area contributed by atoms with Crippen molar-refractivity contribution in [1.29, 1.82) is 0 Å². The summed E-state index contributed by atoms with van der Waals surface area (Å²) < 4.78 is 0. The van der Waals surface area contributed by atoms with E-state index < -0.39 is 5.91 Å². The van der Waals surface area contributed by atoms with E-state index in [0.717, 1.165) is 0 Å². The molecule has 7 N–H and O–H groups in total. The Bertz CT molecular complexity index is 182. The van der Waals surface area contributed by atoms with Crippen LogP contribution in [-0.4, -0.2) is 16.1 Å². The Morgan fingerprint density at radius 3 is 2.40 bits per heavy atom. The summed E-state index contributed by atoms with van der Waals surface area (Å²) in [6.45, 7) is 0. The molecule has 1 aromatic rings. The van der Waals surface area contributed by atoms with Gasteiger partial charge in [-0.1, -0.05) is 0 Å². The van der Waals surface area contributed by atoms with E-state index in [1.54, 1.807) is 0 Å². The molecule has 0 saturated carbocycles. The van der Waals surface area contributed by atoms with Crippen LogP contribution in [-0.2, 0) is 0 Å². The van der Waals surface area contributed by atoms with Crippen molar-refractivity contribution in [2.24, 2.45) is 17.4 Å². The summed E-state index contributed by atoms with van der Waals surface area (Å²) in [7, 11) is 0. The molecule has 1 aromatic heterocycles. The smallest absolute Gasteiger partial charge is 0.251 e. The standard InChI is InChI=1S/C4H5N3O.H4N2/c5-4(8)3-1-6-7-2-3;1-2/h1-2H,(H2,5,8)(H,6,7);1-2H2. The maximum Gasteiger partial charge on any atom is 0.251 e. The Balaban J connectivity index is 0.000000371. The molecule has 0 fully saturated rings. The normalized spacial score (nSPS) is 7.80. The lowest BCUT2D eigenvalue weighted by Gasteiger charge is -1.78. The third kappa shape index (κ3) is 2.25. The molecule has 0 aromatic carbocycles. The first kappa shape index (κ1) is 8.60. The summed E-state index contributed by atoms with van der Waals surface area (Å²) in [5.41, 5.74) is 5.27. The molecule has 1 rings (SSSR count). The van der Waals surface area contributed by atoms with E-state index in [2.05, 4.69) is 21.9 Å². The molecule has 1 amide bonds. The Labute approximate surface area is 57.4 Å². The van der Waals surface area contributed by atoms with E-state index in [1.807, 2.05) is 0 Å². The van der Waals surface area contributed by atoms with Gasteiger partial charge in [0, 0.05) is 6.20 Å². The average molecular weight is 143 g/mol. The molecule has 0 bridgehead atoms. The number of nitrogens with two attached hydrogens (primary N) is 3. The number of hydrazine groups is 1. The molecule has 0 aliphatic carbocycles. The topological polar surface area (TPSA) is 124 Å². The van der Waals surface area contributed by atoms with Crippen molar-refractivity contribution in [2.75, 3.05) is 0 Å². The van der Waals surface area contributed by atoms with Crippen molar-refractivity contribution in [3.05, 3.63) is 18.0 Å². The maximum absolute atomic E-state index is 10.2. The van der Waals surface area contributed by atoms with Crippen molar-refractivity contribution in [3.8, 4) is 0 Å². The van der Waals surface area contributed by atoms with Crippen molar-refractivity contribution < 1.29 is 4.79 Å². The van der Waals surface area contributed by atoms with Crippen molar-refractivity contribution >= 4 is 5.91 Å². The predicted molar refractivity (Wildman–Crippen MR) is 35.5 cm³/mol. The second kappa shape index (κ2) is 4.48. The highest BCUT2D eigenvalue weighted by atomic mass is 16.1. The van der Waals surface area contributed by atoms with Gasteiger partial charge in [0.15, 0.2) is 0 Å². The van der Waals surface area contributed by atoms with Crippen LogP contribution in [0.5, 0.6) is 0 Å². The lowest BCUT2D eigenvalue weighted by molar-refractivity contribution is 0.100. The minimum Gasteiger partial charge on any atom is -0.366 e. The number of amides is 1. The lowest BCUT2D eigenvalue weighted by Crippen LogP contribution is -2.09. The second-order valence-corrected chi connectivity index (χ2v) is 1.35. The van der Waals surface area contributed by atoms with E-state index in [0.29, 0.717) is 5.56 Å². The zero-order chi connectivity index (χ0) is 7.98. The van der Waals surface area contributed by atoms with Gasteiger partial charge >= 0.3 is 0 Å². The third-order valence-corrected chi connectivity index (χ3v) is 0.783. The van der Waals surface area contributed by atoms with Crippen LogP contribution < -0.4 is 17.4 Å². The maximum atomic E-state index is 10.2. The van der Waals surface area contributed by atoms with E-state index in [9.17, 15) is 4.79 Å². The van der Waals surface area contributed by atoms with Crippen LogP contribution in [0.1, 0.15) is 10.4 Å². The summed E-state index contributed by atoms with van der Waals surface area (Å²) >= 11 is 0. The van der Waals surface area contributed by atoms with Crippen LogP contribution in [0.3, 0.4) is 0 Å². The summed E-state index contributed by atoms with van der Waals surface area (Å²) in [4.78, 5) is 10.2. The van der Waals surface area contributed by atoms with Gasteiger partial charge in [0.1, 0.15) is 0 Å². The number of nitrogens with one attached hydrogen (secondary N) is 1. The minimum absolute atomic E-state index is 0.407. The molecule has 6 heteroatoms. The summed E-state index contributed by atoms with van der Waals surface area (Å²) in [6.07, 6.45) is 2.82. The molecular weight excluding hydrogens is 134 g/mol. The molecule has 0 atom stereocenters. The minimum atomic E-state index is -0.459. The van der Waals surface area contributed by atoms with Gasteiger partial charge in [-0.2, -0.15) is 5.10 Å². The van der Waals surface area contributed by atoms with Gasteiger partial charge in [-0.05, 0) is 0 Å². The van der Waals surface area contributed by atoms with E-state index in [4.69, 9.17) is 5.73 Å². The average Bonchev–Trinajstić information content (AvgIpc) is 2.42. The number of primary amides is 1. The zero-order valence-corrected chi connectivity index (χ0v) is 5.24. The number of nitrogens with zero attached hydrogens (tertiary/aromatic N) is 1. The van der Waals surface area contributed by atoms with Crippen molar-refractivity contribution in [2.45, 2.75) is 0 Å². The molecule has 6 nitrogen and oxygen atoms in total. The fourth-order valence-corrected chi connectivity index (χ4v) is 0.386. The molecule has 0 unspecified atom stereocenters. The Hall–Kier alpha value is -1.40. The molecule has 10 heavy (non-hydrogen) atoms. The van der Waals surface area contributed by atoms with Crippen LogP contribution in [0.2, 0.25) is 0 Å². The van der Waals surface area contributed by atoms with Gasteiger partial charge in [-0.25, -0.2) is 0 Å². The number of hydrogen-bond acceptors (Lipinski definition) is 4. The van der Waals surface area contributed by atoms with E-state index in [-0.39, 0.29) is 0 Å². The second-order valence-electron chi connectivity index (χ2n) is 1.35. The molecule has 0 saturated heterocycles. The van der Waals surface area contributed by atoms with Gasteiger partial charge in [-0.15, -0.1) is 0 Å². The molecule has 1 heterocycles. The lowest BCUT2D eigenvalue weighted by atomic mass is 10.4. The Morgan fingerprint density at radius 2 is 2.20 bits per heavy atom. The number of aromatic nitrogens is 2. The SMILES string of the molecule is NC(=O)c1cn[nH]c1.NN.